The zero-order valence-electron chi connectivity index (χ0n) is 15.0. The van der Waals surface area contributed by atoms with Gasteiger partial charge in [0.15, 0.2) is 11.6 Å². The normalized spacial score (nSPS) is 11.0. The highest BCUT2D eigenvalue weighted by molar-refractivity contribution is 6.31. The van der Waals surface area contributed by atoms with Gasteiger partial charge in [-0.2, -0.15) is 0 Å². The molecule has 0 aliphatic carbocycles. The van der Waals surface area contributed by atoms with Gasteiger partial charge in [-0.25, -0.2) is 14.6 Å². The van der Waals surface area contributed by atoms with Crippen LogP contribution in [-0.4, -0.2) is 20.3 Å². The van der Waals surface area contributed by atoms with Crippen LogP contribution in [0.2, 0.25) is 5.02 Å². The van der Waals surface area contributed by atoms with E-state index < -0.39 is 0 Å². The Labute approximate surface area is 160 Å². The van der Waals surface area contributed by atoms with E-state index >= 15 is 0 Å². The first-order valence-corrected chi connectivity index (χ1v) is 8.75. The van der Waals surface area contributed by atoms with Crippen molar-refractivity contribution in [2.24, 2.45) is 0 Å². The molecule has 27 heavy (non-hydrogen) atoms. The topological polar surface area (TPSA) is 88.8 Å². The molecule has 0 radical (unpaired) electrons. The monoisotopic (exact) mass is 380 g/mol. The number of benzene rings is 2. The maximum absolute atomic E-state index is 6.24. The standard InChI is InChI=1S/C19H17ClN6O/c1-10-4-5-12(3)15(8-10)22-17-16(23-18-19(24-17)26-27-25-18)21-13-7-6-11(2)14(20)9-13/h4-9H,1-3H3,(H,21,23,25)(H,22,24,26). The number of aromatic nitrogens is 4. The highest BCUT2D eigenvalue weighted by Crippen LogP contribution is 2.29. The molecule has 0 spiro atoms. The Morgan fingerprint density at radius 3 is 2.19 bits per heavy atom. The Morgan fingerprint density at radius 1 is 0.815 bits per heavy atom. The minimum Gasteiger partial charge on any atom is -0.337 e. The van der Waals surface area contributed by atoms with Gasteiger partial charge in [-0.1, -0.05) is 29.8 Å². The van der Waals surface area contributed by atoms with E-state index in [4.69, 9.17) is 16.2 Å². The zero-order valence-corrected chi connectivity index (χ0v) is 15.8. The molecule has 4 rings (SSSR count). The van der Waals surface area contributed by atoms with E-state index in [1.807, 2.05) is 45.0 Å². The molecule has 0 amide bonds. The van der Waals surface area contributed by atoms with Crippen LogP contribution in [0.5, 0.6) is 0 Å². The van der Waals surface area contributed by atoms with E-state index in [1.165, 1.54) is 0 Å². The average molecular weight is 381 g/mol. The van der Waals surface area contributed by atoms with Crippen LogP contribution in [0.1, 0.15) is 16.7 Å². The summed E-state index contributed by atoms with van der Waals surface area (Å²) in [5.41, 5.74) is 5.60. The van der Waals surface area contributed by atoms with Crippen molar-refractivity contribution in [3.8, 4) is 0 Å². The lowest BCUT2D eigenvalue weighted by atomic mass is 10.1. The summed E-state index contributed by atoms with van der Waals surface area (Å²) in [5.74, 6) is 1.02. The third kappa shape index (κ3) is 3.54. The number of nitrogens with one attached hydrogen (secondary N) is 2. The number of fused-ring (bicyclic) bond motifs is 1. The third-order valence-electron chi connectivity index (χ3n) is 4.20. The van der Waals surface area contributed by atoms with Crippen molar-refractivity contribution >= 4 is 45.9 Å². The van der Waals surface area contributed by atoms with Crippen LogP contribution in [0.25, 0.3) is 11.3 Å². The van der Waals surface area contributed by atoms with Gasteiger partial charge in [-0.05, 0) is 66.0 Å². The van der Waals surface area contributed by atoms with Gasteiger partial charge in [0.2, 0.25) is 11.3 Å². The molecule has 7 nitrogen and oxygen atoms in total. The predicted molar refractivity (Wildman–Crippen MR) is 106 cm³/mol. The fourth-order valence-electron chi connectivity index (χ4n) is 2.62. The summed E-state index contributed by atoms with van der Waals surface area (Å²) in [6, 6.07) is 11.9. The third-order valence-corrected chi connectivity index (χ3v) is 4.60. The van der Waals surface area contributed by atoms with Crippen molar-refractivity contribution in [2.75, 3.05) is 10.6 Å². The Bertz CT molecular complexity index is 1140. The first-order valence-electron chi connectivity index (χ1n) is 8.37. The second-order valence-corrected chi connectivity index (χ2v) is 6.77. The fourth-order valence-corrected chi connectivity index (χ4v) is 2.80. The van der Waals surface area contributed by atoms with Crippen molar-refractivity contribution in [1.82, 2.24) is 20.3 Å². The molecule has 2 aromatic heterocycles. The van der Waals surface area contributed by atoms with E-state index in [1.54, 1.807) is 0 Å². The zero-order chi connectivity index (χ0) is 19.0. The van der Waals surface area contributed by atoms with E-state index in [2.05, 4.69) is 43.0 Å². The van der Waals surface area contributed by atoms with Crippen LogP contribution < -0.4 is 10.6 Å². The van der Waals surface area contributed by atoms with Gasteiger partial charge in [-0.3, -0.25) is 0 Å². The molecule has 0 bridgehead atoms. The molecule has 0 atom stereocenters. The molecule has 0 saturated carbocycles. The highest BCUT2D eigenvalue weighted by Gasteiger charge is 2.14. The Hall–Kier alpha value is -3.19. The molecule has 0 unspecified atom stereocenters. The molecule has 0 aliphatic rings. The van der Waals surface area contributed by atoms with Gasteiger partial charge in [0.25, 0.3) is 0 Å². The van der Waals surface area contributed by atoms with Crippen LogP contribution in [0.15, 0.2) is 41.0 Å². The maximum atomic E-state index is 6.24. The van der Waals surface area contributed by atoms with Crippen LogP contribution >= 0.6 is 11.6 Å². The number of hydrogen-bond acceptors (Lipinski definition) is 7. The summed E-state index contributed by atoms with van der Waals surface area (Å²) >= 11 is 6.24. The van der Waals surface area contributed by atoms with Crippen LogP contribution in [-0.2, 0) is 0 Å². The molecule has 136 valence electrons. The summed E-state index contributed by atoms with van der Waals surface area (Å²) < 4.78 is 4.75. The minimum absolute atomic E-state index is 0.322. The summed E-state index contributed by atoms with van der Waals surface area (Å²) in [6.07, 6.45) is 0. The smallest absolute Gasteiger partial charge is 0.245 e. The summed E-state index contributed by atoms with van der Waals surface area (Å²) in [6.45, 7) is 6.01. The predicted octanol–water partition coefficient (Wildman–Crippen LogP) is 5.08. The second kappa shape index (κ2) is 6.85. The SMILES string of the molecule is Cc1ccc(C)c(Nc2nc3nonc3nc2Nc2ccc(C)c(Cl)c2)c1. The van der Waals surface area contributed by atoms with Crippen LogP contribution in [0.4, 0.5) is 23.0 Å². The number of aryl methyl sites for hydroxylation is 3. The van der Waals surface area contributed by atoms with Crippen molar-refractivity contribution in [3.05, 3.63) is 58.1 Å². The summed E-state index contributed by atoms with van der Waals surface area (Å²) in [7, 11) is 0. The van der Waals surface area contributed by atoms with Crippen LogP contribution in [0.3, 0.4) is 0 Å². The van der Waals surface area contributed by atoms with Crippen molar-refractivity contribution in [3.63, 3.8) is 0 Å². The Morgan fingerprint density at radius 2 is 1.48 bits per heavy atom. The van der Waals surface area contributed by atoms with Gasteiger partial charge in [0, 0.05) is 16.4 Å². The molecule has 0 aliphatic heterocycles. The van der Waals surface area contributed by atoms with E-state index in [9.17, 15) is 0 Å². The quantitative estimate of drug-likeness (QED) is 0.510. The first kappa shape index (κ1) is 17.2. The van der Waals surface area contributed by atoms with Crippen molar-refractivity contribution < 1.29 is 4.63 Å². The lowest BCUT2D eigenvalue weighted by molar-refractivity contribution is 0.314. The van der Waals surface area contributed by atoms with Crippen molar-refractivity contribution in [1.29, 1.82) is 0 Å². The number of anilines is 4. The lowest BCUT2D eigenvalue weighted by Crippen LogP contribution is -2.04. The van der Waals surface area contributed by atoms with Crippen molar-refractivity contribution in [2.45, 2.75) is 20.8 Å². The fraction of sp³-hybridized carbons (Fsp3) is 0.158. The second-order valence-electron chi connectivity index (χ2n) is 6.36. The molecule has 2 aromatic carbocycles. The number of rotatable bonds is 4. The molecule has 4 aromatic rings. The van der Waals surface area contributed by atoms with E-state index in [-0.39, 0.29) is 0 Å². The number of hydrogen-bond donors (Lipinski definition) is 2. The molecular formula is C19H17ClN6O. The molecule has 2 N–H and O–H groups in total. The average Bonchev–Trinajstić information content (AvgIpc) is 3.09. The van der Waals surface area contributed by atoms with Crippen LogP contribution in [0, 0.1) is 20.8 Å². The largest absolute Gasteiger partial charge is 0.337 e. The molecule has 2 heterocycles. The summed E-state index contributed by atoms with van der Waals surface area (Å²) in [4.78, 5) is 8.99. The molecular weight excluding hydrogens is 364 g/mol. The van der Waals surface area contributed by atoms with E-state index in [0.717, 1.165) is 28.1 Å². The van der Waals surface area contributed by atoms with E-state index in [0.29, 0.717) is 28.0 Å². The molecule has 0 saturated heterocycles. The van der Waals surface area contributed by atoms with Gasteiger partial charge < -0.3 is 10.6 Å². The van der Waals surface area contributed by atoms with Gasteiger partial charge in [-0.15, -0.1) is 0 Å². The number of halogens is 1. The Balaban J connectivity index is 1.77. The van der Waals surface area contributed by atoms with Gasteiger partial charge in [0.1, 0.15) is 0 Å². The number of nitrogens with zero attached hydrogens (tertiary/aromatic N) is 4. The lowest BCUT2D eigenvalue weighted by Gasteiger charge is -2.14. The molecule has 0 fully saturated rings. The maximum Gasteiger partial charge on any atom is 0.245 e. The summed E-state index contributed by atoms with van der Waals surface area (Å²) in [5, 5.41) is 14.8. The Kier molecular flexibility index (Phi) is 4.37. The van der Waals surface area contributed by atoms with Gasteiger partial charge >= 0.3 is 0 Å². The highest BCUT2D eigenvalue weighted by atomic mass is 35.5. The minimum atomic E-state index is 0.322. The first-order chi connectivity index (χ1) is 13.0. The van der Waals surface area contributed by atoms with Gasteiger partial charge in [0.05, 0.1) is 0 Å². The molecule has 8 heteroatoms.